The van der Waals surface area contributed by atoms with E-state index in [1.807, 2.05) is 18.2 Å². The van der Waals surface area contributed by atoms with Crippen LogP contribution in [-0.4, -0.2) is 72.9 Å². The maximum atomic E-state index is 12.1. The van der Waals surface area contributed by atoms with Crippen LogP contribution in [0.25, 0.3) is 10.2 Å². The van der Waals surface area contributed by atoms with Gasteiger partial charge in [0.1, 0.15) is 0 Å². The van der Waals surface area contributed by atoms with Crippen molar-refractivity contribution in [3.05, 3.63) is 18.2 Å². The van der Waals surface area contributed by atoms with Crippen LogP contribution in [0.5, 0.6) is 0 Å². The molecule has 4 rings (SSSR count). The van der Waals surface area contributed by atoms with Crippen LogP contribution in [0.2, 0.25) is 0 Å². The first-order valence-electron chi connectivity index (χ1n) is 7.99. The van der Waals surface area contributed by atoms with Gasteiger partial charge in [0.2, 0.25) is 0 Å². The molecule has 0 aliphatic carbocycles. The van der Waals surface area contributed by atoms with Crippen LogP contribution in [0, 0.1) is 0 Å². The molecule has 2 aliphatic heterocycles. The van der Waals surface area contributed by atoms with Gasteiger partial charge in [-0.1, -0.05) is 11.3 Å². The molecule has 128 valence electrons. The molecule has 0 unspecified atom stereocenters. The molecule has 3 heterocycles. The molecule has 1 aromatic heterocycles. The van der Waals surface area contributed by atoms with Crippen LogP contribution >= 0.6 is 11.3 Å². The molecule has 2 saturated heterocycles. The number of aliphatic hydroxyl groups is 1. The SMILES string of the molecule is CN1CCN(c2nc3ccc(NC(=O)C4(O)COC4)cc3s2)CC1. The molecule has 2 aromatic rings. The van der Waals surface area contributed by atoms with Crippen molar-refractivity contribution in [3.8, 4) is 0 Å². The molecule has 8 heteroatoms. The number of nitrogens with one attached hydrogen (secondary N) is 1. The van der Waals surface area contributed by atoms with Crippen LogP contribution in [0.3, 0.4) is 0 Å². The third-order valence-corrected chi connectivity index (χ3v) is 5.59. The second-order valence-corrected chi connectivity index (χ2v) is 7.46. The lowest BCUT2D eigenvalue weighted by molar-refractivity contribution is -0.185. The van der Waals surface area contributed by atoms with Gasteiger partial charge in [0.25, 0.3) is 5.91 Å². The molecule has 2 aliphatic rings. The van der Waals surface area contributed by atoms with Crippen LogP contribution in [0.1, 0.15) is 0 Å². The van der Waals surface area contributed by atoms with E-state index < -0.39 is 11.5 Å². The Hall–Kier alpha value is -1.74. The van der Waals surface area contributed by atoms with E-state index in [-0.39, 0.29) is 13.2 Å². The van der Waals surface area contributed by atoms with Gasteiger partial charge in [-0.3, -0.25) is 4.79 Å². The van der Waals surface area contributed by atoms with Crippen molar-refractivity contribution < 1.29 is 14.6 Å². The van der Waals surface area contributed by atoms with E-state index >= 15 is 0 Å². The molecule has 1 amide bonds. The zero-order valence-electron chi connectivity index (χ0n) is 13.5. The first-order valence-corrected chi connectivity index (χ1v) is 8.81. The van der Waals surface area contributed by atoms with E-state index in [9.17, 15) is 9.90 Å². The van der Waals surface area contributed by atoms with Gasteiger partial charge in [0, 0.05) is 31.9 Å². The Bertz CT molecular complexity index is 766. The third kappa shape index (κ3) is 2.86. The first-order chi connectivity index (χ1) is 11.5. The molecule has 2 fully saturated rings. The molecular formula is C16H20N4O3S. The van der Waals surface area contributed by atoms with E-state index in [1.54, 1.807) is 11.3 Å². The average Bonchev–Trinajstić information content (AvgIpc) is 2.96. The summed E-state index contributed by atoms with van der Waals surface area (Å²) in [4.78, 5) is 21.4. The summed E-state index contributed by atoms with van der Waals surface area (Å²) in [6, 6.07) is 5.63. The lowest BCUT2D eigenvalue weighted by Gasteiger charge is -2.34. The van der Waals surface area contributed by atoms with Gasteiger partial charge in [-0.05, 0) is 25.2 Å². The Morgan fingerprint density at radius 3 is 2.75 bits per heavy atom. The van der Waals surface area contributed by atoms with Crippen LogP contribution in [0.4, 0.5) is 10.8 Å². The minimum atomic E-state index is -1.40. The maximum Gasteiger partial charge on any atom is 0.261 e. The second kappa shape index (κ2) is 5.96. The standard InChI is InChI=1S/C16H20N4O3S/c1-19-4-6-20(7-5-19)15-18-12-3-2-11(8-13(12)24-15)17-14(21)16(22)9-23-10-16/h2-3,8,22H,4-7,9-10H2,1H3,(H,17,21). The summed E-state index contributed by atoms with van der Waals surface area (Å²) < 4.78 is 5.94. The van der Waals surface area contributed by atoms with E-state index in [0.29, 0.717) is 5.69 Å². The summed E-state index contributed by atoms with van der Waals surface area (Å²) in [7, 11) is 2.13. The van der Waals surface area contributed by atoms with Crippen LogP contribution in [-0.2, 0) is 9.53 Å². The van der Waals surface area contributed by atoms with Crippen molar-refractivity contribution in [2.75, 3.05) is 56.7 Å². The van der Waals surface area contributed by atoms with Crippen molar-refractivity contribution in [1.82, 2.24) is 9.88 Å². The number of amides is 1. The van der Waals surface area contributed by atoms with Gasteiger partial charge in [0.05, 0.1) is 23.4 Å². The highest BCUT2D eigenvalue weighted by Gasteiger charge is 2.43. The van der Waals surface area contributed by atoms with Gasteiger partial charge in [-0.2, -0.15) is 0 Å². The maximum absolute atomic E-state index is 12.1. The van der Waals surface area contributed by atoms with Gasteiger partial charge < -0.3 is 25.0 Å². The smallest absolute Gasteiger partial charge is 0.261 e. The number of piperazine rings is 1. The van der Waals surface area contributed by atoms with Crippen molar-refractivity contribution in [2.24, 2.45) is 0 Å². The van der Waals surface area contributed by atoms with E-state index in [1.165, 1.54) is 0 Å². The van der Waals surface area contributed by atoms with Crippen molar-refractivity contribution in [2.45, 2.75) is 5.60 Å². The molecular weight excluding hydrogens is 328 g/mol. The van der Waals surface area contributed by atoms with Crippen LogP contribution in [0.15, 0.2) is 18.2 Å². The van der Waals surface area contributed by atoms with Gasteiger partial charge in [-0.25, -0.2) is 4.98 Å². The molecule has 0 atom stereocenters. The highest BCUT2D eigenvalue weighted by molar-refractivity contribution is 7.22. The Kier molecular flexibility index (Phi) is 3.92. The Balaban J connectivity index is 1.52. The number of thiazole rings is 1. The average molecular weight is 348 g/mol. The van der Waals surface area contributed by atoms with Crippen molar-refractivity contribution in [1.29, 1.82) is 0 Å². The lowest BCUT2D eigenvalue weighted by atomic mass is 10.0. The normalized spacial score (nSPS) is 20.8. The number of nitrogens with zero attached hydrogens (tertiary/aromatic N) is 3. The summed E-state index contributed by atoms with van der Waals surface area (Å²) >= 11 is 1.63. The van der Waals surface area contributed by atoms with Crippen molar-refractivity contribution in [3.63, 3.8) is 0 Å². The number of likely N-dealkylation sites (N-methyl/N-ethyl adjacent to an activating group) is 1. The first kappa shape index (κ1) is 15.8. The summed E-state index contributed by atoms with van der Waals surface area (Å²) in [5, 5.41) is 13.8. The van der Waals surface area contributed by atoms with Crippen molar-refractivity contribution >= 4 is 38.3 Å². The number of fused-ring (bicyclic) bond motifs is 1. The number of hydrogen-bond acceptors (Lipinski definition) is 7. The number of aromatic nitrogens is 1. The molecule has 0 saturated carbocycles. The highest BCUT2D eigenvalue weighted by atomic mass is 32.1. The molecule has 0 radical (unpaired) electrons. The van der Waals surface area contributed by atoms with E-state index in [4.69, 9.17) is 9.72 Å². The van der Waals surface area contributed by atoms with Gasteiger partial charge >= 0.3 is 0 Å². The molecule has 0 bridgehead atoms. The van der Waals surface area contributed by atoms with Gasteiger partial charge in [0.15, 0.2) is 10.7 Å². The number of anilines is 2. The van der Waals surface area contributed by atoms with E-state index in [2.05, 4.69) is 22.2 Å². The predicted octanol–water partition coefficient (Wildman–Crippen LogP) is 0.748. The second-order valence-electron chi connectivity index (χ2n) is 6.45. The summed E-state index contributed by atoms with van der Waals surface area (Å²) in [6.07, 6.45) is 0. The number of ether oxygens (including phenoxy) is 1. The molecule has 7 nitrogen and oxygen atoms in total. The molecule has 24 heavy (non-hydrogen) atoms. The fourth-order valence-corrected chi connectivity index (χ4v) is 3.85. The minimum Gasteiger partial charge on any atom is -0.376 e. The minimum absolute atomic E-state index is 0.0508. The topological polar surface area (TPSA) is 77.9 Å². The largest absolute Gasteiger partial charge is 0.376 e. The lowest BCUT2D eigenvalue weighted by Crippen LogP contribution is -2.58. The third-order valence-electron chi connectivity index (χ3n) is 4.51. The predicted molar refractivity (Wildman–Crippen MR) is 93.7 cm³/mol. The fourth-order valence-electron chi connectivity index (χ4n) is 2.80. The Morgan fingerprint density at radius 2 is 2.08 bits per heavy atom. The fraction of sp³-hybridized carbons (Fsp3) is 0.500. The monoisotopic (exact) mass is 348 g/mol. The Labute approximate surface area is 143 Å². The van der Waals surface area contributed by atoms with Gasteiger partial charge in [-0.15, -0.1) is 0 Å². The highest BCUT2D eigenvalue weighted by Crippen LogP contribution is 2.31. The zero-order valence-corrected chi connectivity index (χ0v) is 14.3. The van der Waals surface area contributed by atoms with E-state index in [0.717, 1.165) is 41.5 Å². The van der Waals surface area contributed by atoms with Crippen LogP contribution < -0.4 is 10.2 Å². The molecule has 0 spiro atoms. The zero-order chi connectivity index (χ0) is 16.7. The number of carbonyl (C=O) groups excluding carboxylic acids is 1. The summed E-state index contributed by atoms with van der Waals surface area (Å²) in [6.45, 7) is 4.14. The molecule has 1 aromatic carbocycles. The number of rotatable bonds is 3. The number of hydrogen-bond donors (Lipinski definition) is 2. The number of carbonyl (C=O) groups is 1. The Morgan fingerprint density at radius 1 is 1.33 bits per heavy atom. The molecule has 2 N–H and O–H groups in total. The summed E-state index contributed by atoms with van der Waals surface area (Å²) in [5.41, 5.74) is 0.201. The quantitative estimate of drug-likeness (QED) is 0.852. The number of benzene rings is 1. The summed E-state index contributed by atoms with van der Waals surface area (Å²) in [5.74, 6) is -0.420.